The molecule has 2 N–H and O–H groups in total. The van der Waals surface area contributed by atoms with Crippen LogP contribution in [0.3, 0.4) is 0 Å². The van der Waals surface area contributed by atoms with Gasteiger partial charge in [0.25, 0.3) is 11.8 Å². The number of fused-ring (bicyclic) bond motifs is 4. The van der Waals surface area contributed by atoms with Gasteiger partial charge in [0.2, 0.25) is 0 Å². The Labute approximate surface area is 247 Å². The first-order valence-electron chi connectivity index (χ1n) is 14.3. The van der Waals surface area contributed by atoms with Crippen molar-refractivity contribution < 1.29 is 18.8 Å². The SMILES string of the molecule is CC(C)c1ccc(NC(=O)c2ccccc2N2C(=O)[C@@H]3Cc4c([nH]c5ccccc45)[C@@H](c4ccc(F)cc4)N3C2=O)cc1. The molecule has 43 heavy (non-hydrogen) atoms. The van der Waals surface area contributed by atoms with Crippen molar-refractivity contribution in [1.82, 2.24) is 9.88 Å². The average molecular weight is 573 g/mol. The Morgan fingerprint density at radius 3 is 2.35 bits per heavy atom. The average Bonchev–Trinajstić information content (AvgIpc) is 3.51. The zero-order valence-corrected chi connectivity index (χ0v) is 23.7. The summed E-state index contributed by atoms with van der Waals surface area (Å²) in [6.07, 6.45) is 0.314. The molecule has 4 aromatic carbocycles. The lowest BCUT2D eigenvalue weighted by Gasteiger charge is -2.36. The van der Waals surface area contributed by atoms with Crippen molar-refractivity contribution in [3.8, 4) is 0 Å². The van der Waals surface area contributed by atoms with Gasteiger partial charge >= 0.3 is 6.03 Å². The third-order valence-electron chi connectivity index (χ3n) is 8.46. The van der Waals surface area contributed by atoms with E-state index in [0.717, 1.165) is 32.6 Å². The van der Waals surface area contributed by atoms with Crippen molar-refractivity contribution in [2.75, 3.05) is 10.2 Å². The van der Waals surface area contributed by atoms with E-state index in [1.165, 1.54) is 12.1 Å². The van der Waals surface area contributed by atoms with Crippen LogP contribution in [0.2, 0.25) is 0 Å². The van der Waals surface area contributed by atoms with Crippen LogP contribution in [0.1, 0.15) is 58.5 Å². The zero-order chi connectivity index (χ0) is 29.8. The number of nitrogens with one attached hydrogen (secondary N) is 2. The highest BCUT2D eigenvalue weighted by molar-refractivity contribution is 6.24. The first-order chi connectivity index (χ1) is 20.8. The topological polar surface area (TPSA) is 85.5 Å². The van der Waals surface area contributed by atoms with Crippen LogP contribution < -0.4 is 10.2 Å². The summed E-state index contributed by atoms with van der Waals surface area (Å²) in [6, 6.07) is 26.1. The Balaban J connectivity index is 1.28. The summed E-state index contributed by atoms with van der Waals surface area (Å²) in [5, 5.41) is 3.89. The van der Waals surface area contributed by atoms with Crippen LogP contribution in [-0.2, 0) is 11.2 Å². The van der Waals surface area contributed by atoms with Crippen molar-refractivity contribution in [2.45, 2.75) is 38.3 Å². The number of amides is 4. The minimum Gasteiger partial charge on any atom is -0.356 e. The Bertz CT molecular complexity index is 1900. The number of carbonyl (C=O) groups is 3. The van der Waals surface area contributed by atoms with Gasteiger partial charge in [0.05, 0.1) is 11.3 Å². The van der Waals surface area contributed by atoms with Gasteiger partial charge in [0.15, 0.2) is 0 Å². The van der Waals surface area contributed by atoms with Crippen LogP contribution in [0.5, 0.6) is 0 Å². The maximum atomic E-state index is 14.3. The van der Waals surface area contributed by atoms with Crippen molar-refractivity contribution in [3.05, 3.63) is 131 Å². The van der Waals surface area contributed by atoms with Crippen molar-refractivity contribution in [1.29, 1.82) is 0 Å². The number of hydrogen-bond donors (Lipinski definition) is 2. The number of hydrogen-bond acceptors (Lipinski definition) is 3. The molecule has 5 aromatic rings. The maximum absolute atomic E-state index is 14.3. The molecule has 0 spiro atoms. The fourth-order valence-electron chi connectivity index (χ4n) is 6.30. The zero-order valence-electron chi connectivity index (χ0n) is 23.7. The Hall–Kier alpha value is -5.24. The molecule has 1 saturated heterocycles. The van der Waals surface area contributed by atoms with Gasteiger partial charge < -0.3 is 10.3 Å². The Morgan fingerprint density at radius 2 is 1.60 bits per heavy atom. The number of imide groups is 1. The van der Waals surface area contributed by atoms with Crippen LogP contribution in [0.4, 0.5) is 20.6 Å². The summed E-state index contributed by atoms with van der Waals surface area (Å²) in [4.78, 5) is 48.1. The van der Waals surface area contributed by atoms with E-state index in [9.17, 15) is 18.8 Å². The molecule has 3 heterocycles. The van der Waals surface area contributed by atoms with Gasteiger partial charge in [-0.05, 0) is 65.1 Å². The lowest BCUT2D eigenvalue weighted by molar-refractivity contribution is -0.120. The molecule has 7 rings (SSSR count). The maximum Gasteiger partial charge on any atom is 0.332 e. The van der Waals surface area contributed by atoms with Gasteiger partial charge in [-0.3, -0.25) is 14.5 Å². The molecule has 4 amide bonds. The number of anilines is 2. The highest BCUT2D eigenvalue weighted by Crippen LogP contribution is 2.45. The number of benzene rings is 4. The molecule has 8 heteroatoms. The van der Waals surface area contributed by atoms with E-state index in [0.29, 0.717) is 23.6 Å². The fraction of sp³-hybridized carbons (Fsp3) is 0.171. The molecule has 0 bridgehead atoms. The fourth-order valence-corrected chi connectivity index (χ4v) is 6.30. The number of urea groups is 1. The number of aromatic amines is 1. The molecule has 0 radical (unpaired) electrons. The third-order valence-corrected chi connectivity index (χ3v) is 8.46. The molecule has 1 aromatic heterocycles. The van der Waals surface area contributed by atoms with Gasteiger partial charge in [0.1, 0.15) is 17.9 Å². The van der Waals surface area contributed by atoms with Crippen molar-refractivity contribution >= 4 is 40.1 Å². The molecule has 2 atom stereocenters. The second-order valence-electron chi connectivity index (χ2n) is 11.3. The van der Waals surface area contributed by atoms with Crippen molar-refractivity contribution in [3.63, 3.8) is 0 Å². The van der Waals surface area contributed by atoms with Gasteiger partial charge in [-0.1, -0.05) is 68.4 Å². The molecule has 0 aliphatic carbocycles. The standard InChI is InChI=1S/C35H29FN4O3/c1-20(2)21-13-17-24(18-14-21)37-33(41)26-8-4-6-10-29(26)40-34(42)30-19-27-25-7-3-5-9-28(25)38-31(27)32(39(30)35(40)43)22-11-15-23(36)16-12-22/h3-18,20,30,32,38H,19H2,1-2H3,(H,37,41)/t30-,32+/m0/s1. The summed E-state index contributed by atoms with van der Waals surface area (Å²) >= 11 is 0. The van der Waals surface area contributed by atoms with E-state index < -0.39 is 35.7 Å². The van der Waals surface area contributed by atoms with Crippen molar-refractivity contribution in [2.24, 2.45) is 0 Å². The monoisotopic (exact) mass is 572 g/mol. The summed E-state index contributed by atoms with van der Waals surface area (Å²) in [7, 11) is 0. The number of carbonyl (C=O) groups excluding carboxylic acids is 3. The molecule has 0 saturated carbocycles. The molecular weight excluding hydrogens is 543 g/mol. The quantitative estimate of drug-likeness (QED) is 0.219. The summed E-state index contributed by atoms with van der Waals surface area (Å²) < 4.78 is 14.0. The minimum atomic E-state index is -0.797. The normalized spacial score (nSPS) is 17.9. The van der Waals surface area contributed by atoms with Gasteiger partial charge in [-0.25, -0.2) is 14.1 Å². The van der Waals surface area contributed by atoms with E-state index in [2.05, 4.69) is 24.1 Å². The molecule has 7 nitrogen and oxygen atoms in total. The minimum absolute atomic E-state index is 0.208. The summed E-state index contributed by atoms with van der Waals surface area (Å²) in [5.74, 6) is -0.870. The lowest BCUT2D eigenvalue weighted by atomic mass is 9.89. The first-order valence-corrected chi connectivity index (χ1v) is 14.3. The molecule has 1 fully saturated rings. The number of para-hydroxylation sites is 2. The molecule has 214 valence electrons. The van der Waals surface area contributed by atoms with E-state index in [-0.39, 0.29) is 11.3 Å². The second kappa shape index (κ2) is 10.2. The van der Waals surface area contributed by atoms with Gasteiger partial charge in [-0.2, -0.15) is 0 Å². The van der Waals surface area contributed by atoms with Gasteiger partial charge in [0, 0.05) is 28.7 Å². The van der Waals surface area contributed by atoms with Crippen LogP contribution >= 0.6 is 0 Å². The number of aromatic nitrogens is 1. The highest BCUT2D eigenvalue weighted by Gasteiger charge is 2.53. The first kappa shape index (κ1) is 26.6. The smallest absolute Gasteiger partial charge is 0.332 e. The number of H-pyrrole nitrogens is 1. The van der Waals surface area contributed by atoms with Crippen LogP contribution in [0, 0.1) is 5.82 Å². The van der Waals surface area contributed by atoms with E-state index in [1.54, 1.807) is 41.3 Å². The Kier molecular flexibility index (Phi) is 6.34. The highest BCUT2D eigenvalue weighted by atomic mass is 19.1. The number of nitrogens with zero attached hydrogens (tertiary/aromatic N) is 2. The number of halogens is 1. The predicted molar refractivity (Wildman–Crippen MR) is 164 cm³/mol. The van der Waals surface area contributed by atoms with Crippen LogP contribution in [0.15, 0.2) is 97.1 Å². The molecule has 2 aliphatic rings. The second-order valence-corrected chi connectivity index (χ2v) is 11.3. The van der Waals surface area contributed by atoms with E-state index in [1.807, 2.05) is 48.5 Å². The van der Waals surface area contributed by atoms with Gasteiger partial charge in [-0.15, -0.1) is 0 Å². The summed E-state index contributed by atoms with van der Waals surface area (Å²) in [5.41, 5.74) is 5.51. The van der Waals surface area contributed by atoms with Crippen LogP contribution in [0.25, 0.3) is 10.9 Å². The third kappa shape index (κ3) is 4.37. The Morgan fingerprint density at radius 1 is 0.907 bits per heavy atom. The molecular formula is C35H29FN4O3. The predicted octanol–water partition coefficient (Wildman–Crippen LogP) is 7.17. The largest absolute Gasteiger partial charge is 0.356 e. The molecule has 0 unspecified atom stereocenters. The van der Waals surface area contributed by atoms with E-state index >= 15 is 0 Å². The molecule has 2 aliphatic heterocycles. The summed E-state index contributed by atoms with van der Waals surface area (Å²) in [6.45, 7) is 4.20. The number of rotatable bonds is 5. The lowest BCUT2D eigenvalue weighted by Crippen LogP contribution is -2.44. The van der Waals surface area contributed by atoms with E-state index in [4.69, 9.17) is 0 Å². The van der Waals surface area contributed by atoms with Crippen LogP contribution in [-0.4, -0.2) is 33.8 Å².